The molecule has 2 fully saturated rings. The Kier molecular flexibility index (Phi) is 4.05. The number of hydrogen-bond donors (Lipinski definition) is 1. The van der Waals surface area contributed by atoms with Crippen LogP contribution in [0.4, 0.5) is 0 Å². The molecular weight excluding hydrogens is 296 g/mol. The predicted octanol–water partition coefficient (Wildman–Crippen LogP) is 5.67. The molecule has 0 heterocycles. The maximum absolute atomic E-state index is 10.2. The zero-order valence-electron chi connectivity index (χ0n) is 15.5. The summed E-state index contributed by atoms with van der Waals surface area (Å²) in [5.74, 6) is 4.36. The molecule has 132 valence electrons. The molecule has 0 radical (unpaired) electrons. The van der Waals surface area contributed by atoms with Crippen LogP contribution in [0.2, 0.25) is 0 Å². The van der Waals surface area contributed by atoms with Crippen molar-refractivity contribution in [1.29, 1.82) is 0 Å². The van der Waals surface area contributed by atoms with E-state index in [9.17, 15) is 5.11 Å². The summed E-state index contributed by atoms with van der Waals surface area (Å²) in [6.45, 7) is 7.57. The van der Waals surface area contributed by atoms with Crippen LogP contribution in [-0.2, 0) is 6.42 Å². The summed E-state index contributed by atoms with van der Waals surface area (Å²) in [7, 11) is 0. The number of hydrogen-bond acceptors (Lipinski definition) is 2. The van der Waals surface area contributed by atoms with Crippen LogP contribution in [-0.4, -0.2) is 11.7 Å². The number of aromatic hydroxyl groups is 1. The minimum atomic E-state index is 0.321. The Morgan fingerprint density at radius 2 is 2.00 bits per heavy atom. The highest BCUT2D eigenvalue weighted by Gasteiger charge is 2.54. The van der Waals surface area contributed by atoms with Gasteiger partial charge in [0.05, 0.1) is 6.61 Å². The molecule has 4 rings (SSSR count). The summed E-state index contributed by atoms with van der Waals surface area (Å²) < 4.78 is 5.67. The van der Waals surface area contributed by atoms with Crippen LogP contribution in [0.5, 0.6) is 11.5 Å². The fourth-order valence-electron chi connectivity index (χ4n) is 6.64. The van der Waals surface area contributed by atoms with E-state index < -0.39 is 0 Å². The first-order valence-electron chi connectivity index (χ1n) is 10.1. The Morgan fingerprint density at radius 3 is 2.75 bits per heavy atom. The highest BCUT2D eigenvalue weighted by molar-refractivity contribution is 5.49. The Morgan fingerprint density at radius 1 is 1.17 bits per heavy atom. The third kappa shape index (κ3) is 2.29. The van der Waals surface area contributed by atoms with Gasteiger partial charge in [-0.1, -0.05) is 20.3 Å². The number of fused-ring (bicyclic) bond motifs is 5. The van der Waals surface area contributed by atoms with Crippen LogP contribution < -0.4 is 4.74 Å². The van der Waals surface area contributed by atoms with E-state index >= 15 is 0 Å². The second-order valence-electron chi connectivity index (χ2n) is 8.59. The first kappa shape index (κ1) is 16.3. The van der Waals surface area contributed by atoms with Gasteiger partial charge < -0.3 is 9.84 Å². The molecule has 0 aromatic heterocycles. The lowest BCUT2D eigenvalue weighted by Gasteiger charge is -2.51. The summed E-state index contributed by atoms with van der Waals surface area (Å²) in [6.07, 6.45) is 9.35. The van der Waals surface area contributed by atoms with Gasteiger partial charge in [-0.05, 0) is 97.8 Å². The summed E-state index contributed by atoms with van der Waals surface area (Å²) >= 11 is 0. The van der Waals surface area contributed by atoms with E-state index in [2.05, 4.69) is 19.9 Å². The first-order valence-corrected chi connectivity index (χ1v) is 10.1. The van der Waals surface area contributed by atoms with E-state index in [0.29, 0.717) is 29.4 Å². The van der Waals surface area contributed by atoms with Crippen LogP contribution in [0.3, 0.4) is 0 Å². The fourth-order valence-corrected chi connectivity index (χ4v) is 6.64. The van der Waals surface area contributed by atoms with Gasteiger partial charge in [-0.2, -0.15) is 0 Å². The largest absolute Gasteiger partial charge is 0.504 e. The Bertz CT molecular complexity index is 623. The summed E-state index contributed by atoms with van der Waals surface area (Å²) in [5.41, 5.74) is 3.42. The smallest absolute Gasteiger partial charge is 0.161 e. The quantitative estimate of drug-likeness (QED) is 0.774. The van der Waals surface area contributed by atoms with Crippen LogP contribution in [0.15, 0.2) is 12.1 Å². The van der Waals surface area contributed by atoms with Crippen LogP contribution in [0, 0.1) is 23.2 Å². The summed E-state index contributed by atoms with van der Waals surface area (Å²) in [5, 5.41) is 10.2. The number of phenols is 1. The van der Waals surface area contributed by atoms with Gasteiger partial charge in [-0.15, -0.1) is 0 Å². The lowest BCUT2D eigenvalue weighted by atomic mass is 9.54. The van der Waals surface area contributed by atoms with Gasteiger partial charge in [0, 0.05) is 0 Å². The van der Waals surface area contributed by atoms with Crippen molar-refractivity contribution >= 4 is 0 Å². The van der Waals surface area contributed by atoms with E-state index in [-0.39, 0.29) is 0 Å². The molecule has 2 saturated carbocycles. The molecule has 2 nitrogen and oxygen atoms in total. The number of rotatable bonds is 3. The average Bonchev–Trinajstić information content (AvgIpc) is 2.92. The third-order valence-corrected chi connectivity index (χ3v) is 7.79. The molecule has 0 saturated heterocycles. The minimum absolute atomic E-state index is 0.321. The molecule has 5 atom stereocenters. The van der Waals surface area contributed by atoms with Gasteiger partial charge in [0.15, 0.2) is 11.5 Å². The average molecular weight is 328 g/mol. The number of benzene rings is 1. The Hall–Kier alpha value is -1.18. The highest BCUT2D eigenvalue weighted by Crippen LogP contribution is 2.63. The number of ether oxygens (including phenoxy) is 1. The zero-order chi connectivity index (χ0) is 16.9. The topological polar surface area (TPSA) is 29.5 Å². The van der Waals surface area contributed by atoms with E-state index in [4.69, 9.17) is 4.74 Å². The maximum atomic E-state index is 10.2. The Labute approximate surface area is 146 Å². The van der Waals surface area contributed by atoms with E-state index in [0.717, 1.165) is 24.2 Å². The molecule has 0 amide bonds. The van der Waals surface area contributed by atoms with Crippen molar-refractivity contribution in [2.24, 2.45) is 23.2 Å². The fraction of sp³-hybridized carbons (Fsp3) is 0.727. The highest BCUT2D eigenvalue weighted by atomic mass is 16.5. The van der Waals surface area contributed by atoms with Gasteiger partial charge in [0.1, 0.15) is 0 Å². The van der Waals surface area contributed by atoms with Crippen molar-refractivity contribution in [1.82, 2.24) is 0 Å². The molecule has 3 aliphatic rings. The normalized spacial score (nSPS) is 37.5. The second-order valence-corrected chi connectivity index (χ2v) is 8.59. The third-order valence-electron chi connectivity index (χ3n) is 7.79. The predicted molar refractivity (Wildman–Crippen MR) is 97.7 cm³/mol. The van der Waals surface area contributed by atoms with Crippen molar-refractivity contribution < 1.29 is 9.84 Å². The molecule has 1 aromatic rings. The molecule has 0 unspecified atom stereocenters. The molecule has 0 aliphatic heterocycles. The monoisotopic (exact) mass is 328 g/mol. The summed E-state index contributed by atoms with van der Waals surface area (Å²) in [4.78, 5) is 0. The molecule has 0 spiro atoms. The molecule has 1 N–H and O–H groups in total. The Balaban J connectivity index is 1.68. The maximum Gasteiger partial charge on any atom is 0.161 e. The van der Waals surface area contributed by atoms with Gasteiger partial charge in [-0.3, -0.25) is 0 Å². The molecule has 24 heavy (non-hydrogen) atoms. The van der Waals surface area contributed by atoms with E-state index in [1.807, 2.05) is 13.0 Å². The lowest BCUT2D eigenvalue weighted by molar-refractivity contribution is 0.0272. The molecule has 1 aromatic carbocycles. The molecule has 0 bridgehead atoms. The standard InChI is InChI=1S/C22H32O2/c1-4-15-7-9-19-17-8-6-14-12-20(23)21(24-5-2)13-18(14)16(17)10-11-22(15,19)3/h12-13,15-17,19,23H,4-11H2,1-3H3/t15-,16-,17+,19-,22+/m0/s1. The molecular formula is C22H32O2. The van der Waals surface area contributed by atoms with Crippen molar-refractivity contribution in [3.63, 3.8) is 0 Å². The summed E-state index contributed by atoms with van der Waals surface area (Å²) in [6, 6.07) is 4.15. The zero-order valence-corrected chi connectivity index (χ0v) is 15.5. The van der Waals surface area contributed by atoms with Gasteiger partial charge in [0.25, 0.3) is 0 Å². The molecule has 2 heteroatoms. The van der Waals surface area contributed by atoms with Crippen LogP contribution >= 0.6 is 0 Å². The van der Waals surface area contributed by atoms with E-state index in [1.165, 1.54) is 49.7 Å². The van der Waals surface area contributed by atoms with Crippen LogP contribution in [0.1, 0.15) is 76.3 Å². The number of phenolic OH excluding ortho intramolecular Hbond substituents is 1. The van der Waals surface area contributed by atoms with Crippen molar-refractivity contribution in [3.05, 3.63) is 23.3 Å². The first-order chi connectivity index (χ1) is 11.6. The number of aryl methyl sites for hydroxylation is 1. The molecule has 3 aliphatic carbocycles. The van der Waals surface area contributed by atoms with Gasteiger partial charge >= 0.3 is 0 Å². The van der Waals surface area contributed by atoms with Crippen molar-refractivity contribution in [2.75, 3.05) is 6.61 Å². The minimum Gasteiger partial charge on any atom is -0.504 e. The van der Waals surface area contributed by atoms with E-state index in [1.54, 1.807) is 0 Å². The van der Waals surface area contributed by atoms with Crippen molar-refractivity contribution in [2.45, 2.75) is 71.6 Å². The SMILES string of the molecule is CCOc1cc2c(cc1O)CC[C@@H]1[C@@H]2CC[C@]2(C)[C@@H](CC)CC[C@@H]12. The van der Waals surface area contributed by atoms with Crippen LogP contribution in [0.25, 0.3) is 0 Å². The van der Waals surface area contributed by atoms with Gasteiger partial charge in [-0.25, -0.2) is 0 Å². The van der Waals surface area contributed by atoms with Gasteiger partial charge in [0.2, 0.25) is 0 Å². The second kappa shape index (κ2) is 5.97. The van der Waals surface area contributed by atoms with Crippen molar-refractivity contribution in [3.8, 4) is 11.5 Å². The lowest BCUT2D eigenvalue weighted by Crippen LogP contribution is -2.42.